The quantitative estimate of drug-likeness (QED) is 0.309. The molecule has 1 aliphatic rings. The number of nitrogens with two attached hydrogens (primary N) is 1. The van der Waals surface area contributed by atoms with Gasteiger partial charge in [0.2, 0.25) is 0 Å². The standard InChI is InChI=1S/C30H32N6O4/c1-30(2,3)40-29(39)36-15-7-10-21(19-36)28(38)35-23-13-11-22(12-14-23)34-26-16-25(24(18-33-26)27(31)37)32-17-20-8-5-4-6-9-20/h4-16,18H,17,19H2,1-3H3,(H2,31,37)(H,35,38)(H2,32,33,34). The van der Waals surface area contributed by atoms with Gasteiger partial charge in [0.1, 0.15) is 11.4 Å². The van der Waals surface area contributed by atoms with Crippen LogP contribution in [0.5, 0.6) is 0 Å². The largest absolute Gasteiger partial charge is 0.443 e. The first-order valence-electron chi connectivity index (χ1n) is 12.7. The van der Waals surface area contributed by atoms with E-state index in [0.29, 0.717) is 29.3 Å². The highest BCUT2D eigenvalue weighted by Gasteiger charge is 2.24. The summed E-state index contributed by atoms with van der Waals surface area (Å²) in [6.07, 6.45) is 5.79. The zero-order chi connectivity index (χ0) is 28.7. The van der Waals surface area contributed by atoms with Gasteiger partial charge < -0.3 is 26.4 Å². The lowest BCUT2D eigenvalue weighted by Crippen LogP contribution is -2.37. The second-order valence-corrected chi connectivity index (χ2v) is 10.1. The van der Waals surface area contributed by atoms with Crippen molar-refractivity contribution in [1.29, 1.82) is 0 Å². The molecule has 1 aromatic heterocycles. The van der Waals surface area contributed by atoms with Gasteiger partial charge >= 0.3 is 6.09 Å². The molecule has 5 N–H and O–H groups in total. The molecular weight excluding hydrogens is 508 g/mol. The number of carbonyl (C=O) groups excluding carboxylic acids is 3. The molecule has 3 amide bonds. The molecule has 0 saturated heterocycles. The smallest absolute Gasteiger partial charge is 0.414 e. The summed E-state index contributed by atoms with van der Waals surface area (Å²) in [7, 11) is 0. The minimum absolute atomic E-state index is 0.102. The average Bonchev–Trinajstić information content (AvgIpc) is 2.92. The van der Waals surface area contributed by atoms with Crippen molar-refractivity contribution in [3.05, 3.63) is 102 Å². The third-order valence-electron chi connectivity index (χ3n) is 5.73. The van der Waals surface area contributed by atoms with Crippen molar-refractivity contribution in [2.45, 2.75) is 32.9 Å². The van der Waals surface area contributed by atoms with Crippen molar-refractivity contribution < 1.29 is 19.1 Å². The normalized spacial score (nSPS) is 12.8. The third-order valence-corrected chi connectivity index (χ3v) is 5.73. The van der Waals surface area contributed by atoms with Crippen molar-refractivity contribution in [3.63, 3.8) is 0 Å². The van der Waals surface area contributed by atoms with E-state index in [0.717, 1.165) is 11.3 Å². The van der Waals surface area contributed by atoms with E-state index in [2.05, 4.69) is 20.9 Å². The first-order valence-corrected chi connectivity index (χ1v) is 12.7. The van der Waals surface area contributed by atoms with Gasteiger partial charge in [-0.15, -0.1) is 0 Å². The molecule has 40 heavy (non-hydrogen) atoms. The molecular formula is C30H32N6O4. The topological polar surface area (TPSA) is 139 Å². The van der Waals surface area contributed by atoms with E-state index < -0.39 is 17.6 Å². The van der Waals surface area contributed by atoms with Crippen LogP contribution < -0.4 is 21.7 Å². The molecule has 10 nitrogen and oxygen atoms in total. The number of aromatic nitrogens is 1. The van der Waals surface area contributed by atoms with Gasteiger partial charge in [-0.2, -0.15) is 0 Å². The maximum atomic E-state index is 12.8. The maximum Gasteiger partial charge on any atom is 0.414 e. The summed E-state index contributed by atoms with van der Waals surface area (Å²) in [6.45, 7) is 5.98. The second kappa shape index (κ2) is 12.2. The van der Waals surface area contributed by atoms with E-state index in [1.165, 1.54) is 11.1 Å². The van der Waals surface area contributed by atoms with E-state index in [9.17, 15) is 14.4 Å². The molecule has 0 aliphatic carbocycles. The minimum atomic E-state index is -0.635. The second-order valence-electron chi connectivity index (χ2n) is 10.1. The zero-order valence-corrected chi connectivity index (χ0v) is 22.6. The van der Waals surface area contributed by atoms with Gasteiger partial charge in [0.05, 0.1) is 17.8 Å². The molecule has 4 rings (SSSR count). The summed E-state index contributed by atoms with van der Waals surface area (Å²) in [4.78, 5) is 42.7. The van der Waals surface area contributed by atoms with Crippen LogP contribution in [-0.4, -0.2) is 39.9 Å². The predicted molar refractivity (Wildman–Crippen MR) is 155 cm³/mol. The molecule has 0 spiro atoms. The van der Waals surface area contributed by atoms with Gasteiger partial charge in [-0.1, -0.05) is 36.4 Å². The Balaban J connectivity index is 1.37. The van der Waals surface area contributed by atoms with Crippen LogP contribution in [0.4, 0.5) is 27.7 Å². The number of nitrogens with zero attached hydrogens (tertiary/aromatic N) is 2. The molecule has 10 heteroatoms. The average molecular weight is 541 g/mol. The van der Waals surface area contributed by atoms with Crippen LogP contribution in [0.15, 0.2) is 90.8 Å². The number of anilines is 4. The van der Waals surface area contributed by atoms with E-state index in [4.69, 9.17) is 10.5 Å². The van der Waals surface area contributed by atoms with E-state index >= 15 is 0 Å². The van der Waals surface area contributed by atoms with Crippen LogP contribution in [-0.2, 0) is 16.1 Å². The zero-order valence-electron chi connectivity index (χ0n) is 22.6. The number of primary amides is 1. The Hall–Kier alpha value is -5.12. The van der Waals surface area contributed by atoms with Crippen molar-refractivity contribution in [2.75, 3.05) is 22.5 Å². The number of nitrogens with one attached hydrogen (secondary N) is 3. The summed E-state index contributed by atoms with van der Waals surface area (Å²) in [6, 6.07) is 18.6. The summed E-state index contributed by atoms with van der Waals surface area (Å²) in [5.74, 6) is -0.386. The molecule has 2 heterocycles. The molecule has 3 aromatic rings. The number of amides is 3. The molecule has 0 bridgehead atoms. The van der Waals surface area contributed by atoms with Crippen LogP contribution in [0.1, 0.15) is 36.7 Å². The van der Waals surface area contributed by atoms with Crippen LogP contribution in [0.25, 0.3) is 0 Å². The van der Waals surface area contributed by atoms with Gasteiger partial charge in [-0.25, -0.2) is 9.78 Å². The van der Waals surface area contributed by atoms with Crippen molar-refractivity contribution in [3.8, 4) is 0 Å². The van der Waals surface area contributed by atoms with E-state index in [1.54, 1.807) is 69.5 Å². The lowest BCUT2D eigenvalue weighted by molar-refractivity contribution is -0.113. The fraction of sp³-hybridized carbons (Fsp3) is 0.200. The van der Waals surface area contributed by atoms with E-state index in [1.807, 2.05) is 30.3 Å². The van der Waals surface area contributed by atoms with Crippen LogP contribution in [0, 0.1) is 0 Å². The molecule has 0 atom stereocenters. The lowest BCUT2D eigenvalue weighted by atomic mass is 10.1. The SMILES string of the molecule is CC(C)(C)OC(=O)N1C=CC=C(C(=O)Nc2ccc(Nc3cc(NCc4ccccc4)c(C(N)=O)cn3)cc2)C1. The number of allylic oxidation sites excluding steroid dienone is 2. The number of ether oxygens (including phenoxy) is 1. The van der Waals surface area contributed by atoms with Gasteiger partial charge in [0.15, 0.2) is 0 Å². The number of hydrogen-bond donors (Lipinski definition) is 4. The van der Waals surface area contributed by atoms with Gasteiger partial charge in [0, 0.05) is 42.0 Å². The Kier molecular flexibility index (Phi) is 8.48. The summed E-state index contributed by atoms with van der Waals surface area (Å²) in [5.41, 5.74) is 8.53. The third kappa shape index (κ3) is 7.70. The van der Waals surface area contributed by atoms with E-state index in [-0.39, 0.29) is 18.0 Å². The Morgan fingerprint density at radius 1 is 1.02 bits per heavy atom. The van der Waals surface area contributed by atoms with Gasteiger partial charge in [-0.05, 0) is 56.7 Å². The van der Waals surface area contributed by atoms with Crippen LogP contribution >= 0.6 is 0 Å². The monoisotopic (exact) mass is 540 g/mol. The summed E-state index contributed by atoms with van der Waals surface area (Å²) in [5, 5.41) is 9.29. The number of rotatable bonds is 8. The molecule has 1 aliphatic heterocycles. The maximum absolute atomic E-state index is 12.8. The van der Waals surface area contributed by atoms with Crippen molar-refractivity contribution in [1.82, 2.24) is 9.88 Å². The fourth-order valence-corrected chi connectivity index (χ4v) is 3.80. The molecule has 0 radical (unpaired) electrons. The number of carbonyl (C=O) groups is 3. The Bertz CT molecular complexity index is 1440. The molecule has 0 fully saturated rings. The highest BCUT2D eigenvalue weighted by atomic mass is 16.6. The Morgan fingerprint density at radius 3 is 2.40 bits per heavy atom. The van der Waals surface area contributed by atoms with Gasteiger partial charge in [-0.3, -0.25) is 14.5 Å². The number of hydrogen-bond acceptors (Lipinski definition) is 7. The van der Waals surface area contributed by atoms with Crippen molar-refractivity contribution in [2.24, 2.45) is 5.73 Å². The summed E-state index contributed by atoms with van der Waals surface area (Å²) < 4.78 is 5.38. The van der Waals surface area contributed by atoms with Crippen molar-refractivity contribution >= 4 is 40.8 Å². The highest BCUT2D eigenvalue weighted by molar-refractivity contribution is 6.05. The lowest BCUT2D eigenvalue weighted by Gasteiger charge is -2.27. The minimum Gasteiger partial charge on any atom is -0.443 e. The summed E-state index contributed by atoms with van der Waals surface area (Å²) >= 11 is 0. The highest BCUT2D eigenvalue weighted by Crippen LogP contribution is 2.24. The first-order chi connectivity index (χ1) is 19.1. The number of benzene rings is 2. The molecule has 2 aromatic carbocycles. The predicted octanol–water partition coefficient (Wildman–Crippen LogP) is 5.17. The molecule has 206 valence electrons. The van der Waals surface area contributed by atoms with Crippen LogP contribution in [0.3, 0.4) is 0 Å². The molecule has 0 unspecified atom stereocenters. The van der Waals surface area contributed by atoms with Gasteiger partial charge in [0.25, 0.3) is 11.8 Å². The van der Waals surface area contributed by atoms with Crippen LogP contribution in [0.2, 0.25) is 0 Å². The fourth-order valence-electron chi connectivity index (χ4n) is 3.80. The first kappa shape index (κ1) is 27.9. The molecule has 0 saturated carbocycles. The Morgan fingerprint density at radius 2 is 1.73 bits per heavy atom. The number of pyridine rings is 1. The Labute approximate surface area is 232 Å².